The SMILES string of the molecule is CNc1c(F)cccc1C(=O)NCc1cscn1. The van der Waals surface area contributed by atoms with Crippen LogP contribution >= 0.6 is 11.3 Å². The molecular formula is C12H12FN3OS. The van der Waals surface area contributed by atoms with E-state index in [1.54, 1.807) is 18.6 Å². The lowest BCUT2D eigenvalue weighted by molar-refractivity contribution is 0.0951. The van der Waals surface area contributed by atoms with E-state index in [2.05, 4.69) is 15.6 Å². The summed E-state index contributed by atoms with van der Waals surface area (Å²) in [4.78, 5) is 16.0. The van der Waals surface area contributed by atoms with Crippen LogP contribution in [0, 0.1) is 5.82 Å². The van der Waals surface area contributed by atoms with Gasteiger partial charge in [0.1, 0.15) is 5.82 Å². The summed E-state index contributed by atoms with van der Waals surface area (Å²) in [5.41, 5.74) is 2.97. The molecule has 0 radical (unpaired) electrons. The van der Waals surface area contributed by atoms with Crippen LogP contribution in [0.2, 0.25) is 0 Å². The van der Waals surface area contributed by atoms with Gasteiger partial charge in [0, 0.05) is 12.4 Å². The fourth-order valence-electron chi connectivity index (χ4n) is 1.56. The molecule has 1 heterocycles. The van der Waals surface area contributed by atoms with Crippen LogP contribution in [0.1, 0.15) is 16.1 Å². The maximum atomic E-state index is 13.5. The number of nitrogens with zero attached hydrogens (tertiary/aromatic N) is 1. The number of hydrogen-bond donors (Lipinski definition) is 2. The van der Waals surface area contributed by atoms with Gasteiger partial charge < -0.3 is 10.6 Å². The van der Waals surface area contributed by atoms with E-state index in [4.69, 9.17) is 0 Å². The maximum Gasteiger partial charge on any atom is 0.253 e. The van der Waals surface area contributed by atoms with E-state index in [9.17, 15) is 9.18 Å². The molecule has 0 aliphatic heterocycles. The van der Waals surface area contributed by atoms with Gasteiger partial charge in [-0.25, -0.2) is 9.37 Å². The second kappa shape index (κ2) is 5.59. The number of hydrogen-bond acceptors (Lipinski definition) is 4. The second-order valence-electron chi connectivity index (χ2n) is 3.57. The highest BCUT2D eigenvalue weighted by Gasteiger charge is 2.13. The fourth-order valence-corrected chi connectivity index (χ4v) is 2.12. The van der Waals surface area contributed by atoms with Crippen LogP contribution in [0.3, 0.4) is 0 Å². The average molecular weight is 265 g/mol. The molecule has 6 heteroatoms. The first kappa shape index (κ1) is 12.5. The molecule has 1 aromatic carbocycles. The molecule has 94 valence electrons. The van der Waals surface area contributed by atoms with Gasteiger partial charge in [-0.15, -0.1) is 11.3 Å². The number of amides is 1. The first-order chi connectivity index (χ1) is 8.72. The Morgan fingerprint density at radius 1 is 1.50 bits per heavy atom. The summed E-state index contributed by atoms with van der Waals surface area (Å²) in [6, 6.07) is 4.39. The summed E-state index contributed by atoms with van der Waals surface area (Å²) in [5, 5.41) is 7.24. The molecule has 2 rings (SSSR count). The van der Waals surface area contributed by atoms with Crippen LogP contribution in [-0.2, 0) is 6.54 Å². The van der Waals surface area contributed by atoms with Gasteiger partial charge in [0.15, 0.2) is 0 Å². The average Bonchev–Trinajstić information content (AvgIpc) is 2.88. The molecule has 2 N–H and O–H groups in total. The maximum absolute atomic E-state index is 13.5. The van der Waals surface area contributed by atoms with E-state index >= 15 is 0 Å². The number of rotatable bonds is 4. The summed E-state index contributed by atoms with van der Waals surface area (Å²) in [7, 11) is 1.58. The normalized spacial score (nSPS) is 10.1. The van der Waals surface area contributed by atoms with Crippen molar-refractivity contribution in [3.8, 4) is 0 Å². The molecular weight excluding hydrogens is 253 g/mol. The van der Waals surface area contributed by atoms with Gasteiger partial charge >= 0.3 is 0 Å². The van der Waals surface area contributed by atoms with E-state index in [1.165, 1.54) is 23.5 Å². The molecule has 0 atom stereocenters. The lowest BCUT2D eigenvalue weighted by Gasteiger charge is -2.09. The number of aromatic nitrogens is 1. The quantitative estimate of drug-likeness (QED) is 0.891. The second-order valence-corrected chi connectivity index (χ2v) is 4.29. The Kier molecular flexibility index (Phi) is 3.88. The zero-order valence-corrected chi connectivity index (χ0v) is 10.6. The van der Waals surface area contributed by atoms with Crippen LogP contribution in [0.4, 0.5) is 10.1 Å². The molecule has 0 fully saturated rings. The van der Waals surface area contributed by atoms with Crippen molar-refractivity contribution in [3.05, 3.63) is 46.2 Å². The molecule has 0 unspecified atom stereocenters. The Balaban J connectivity index is 2.11. The smallest absolute Gasteiger partial charge is 0.253 e. The van der Waals surface area contributed by atoms with Crippen molar-refractivity contribution in [2.45, 2.75) is 6.54 Å². The summed E-state index contributed by atoms with van der Waals surface area (Å²) < 4.78 is 13.5. The number of anilines is 1. The topological polar surface area (TPSA) is 54.0 Å². The summed E-state index contributed by atoms with van der Waals surface area (Å²) in [6.45, 7) is 0.335. The largest absolute Gasteiger partial charge is 0.385 e. The molecule has 0 aliphatic carbocycles. The fraction of sp³-hybridized carbons (Fsp3) is 0.167. The Bertz CT molecular complexity index is 542. The molecule has 0 saturated carbocycles. The highest BCUT2D eigenvalue weighted by Crippen LogP contribution is 2.19. The minimum atomic E-state index is -0.446. The highest BCUT2D eigenvalue weighted by atomic mass is 32.1. The monoisotopic (exact) mass is 265 g/mol. The van der Waals surface area contributed by atoms with Crippen molar-refractivity contribution in [1.82, 2.24) is 10.3 Å². The molecule has 0 aliphatic rings. The van der Waals surface area contributed by atoms with Crippen LogP contribution in [0.5, 0.6) is 0 Å². The number of nitrogens with one attached hydrogen (secondary N) is 2. The van der Waals surface area contributed by atoms with Crippen LogP contribution in [-0.4, -0.2) is 17.9 Å². The van der Waals surface area contributed by atoms with Crippen molar-refractivity contribution in [3.63, 3.8) is 0 Å². The zero-order chi connectivity index (χ0) is 13.0. The number of benzene rings is 1. The molecule has 0 spiro atoms. The van der Waals surface area contributed by atoms with Crippen molar-refractivity contribution in [2.24, 2.45) is 0 Å². The minimum Gasteiger partial charge on any atom is -0.385 e. The Morgan fingerprint density at radius 2 is 2.33 bits per heavy atom. The lowest BCUT2D eigenvalue weighted by Crippen LogP contribution is -2.24. The number of thiazole rings is 1. The molecule has 0 saturated heterocycles. The third-order valence-corrected chi connectivity index (χ3v) is 3.06. The van der Waals surface area contributed by atoms with Crippen LogP contribution in [0.15, 0.2) is 29.1 Å². The zero-order valence-electron chi connectivity index (χ0n) is 9.74. The standard InChI is InChI=1S/C12H12FN3OS/c1-14-11-9(3-2-4-10(11)13)12(17)15-5-8-6-18-7-16-8/h2-4,6-7,14H,5H2,1H3,(H,15,17). The van der Waals surface area contributed by atoms with E-state index in [0.29, 0.717) is 6.54 Å². The first-order valence-electron chi connectivity index (χ1n) is 5.34. The molecule has 2 aromatic rings. The lowest BCUT2D eigenvalue weighted by atomic mass is 10.1. The van der Waals surface area contributed by atoms with E-state index in [0.717, 1.165) is 5.69 Å². The number of halogens is 1. The number of carbonyl (C=O) groups excluding carboxylic acids is 1. The van der Waals surface area contributed by atoms with Crippen LogP contribution in [0.25, 0.3) is 0 Å². The summed E-state index contributed by atoms with van der Waals surface area (Å²) in [6.07, 6.45) is 0. The minimum absolute atomic E-state index is 0.202. The van der Waals surface area contributed by atoms with Gasteiger partial charge in [-0.2, -0.15) is 0 Å². The molecule has 1 amide bonds. The van der Waals surface area contributed by atoms with Gasteiger partial charge in [-0.3, -0.25) is 4.79 Å². The number of para-hydroxylation sites is 1. The number of carbonyl (C=O) groups is 1. The highest BCUT2D eigenvalue weighted by molar-refractivity contribution is 7.07. The molecule has 0 bridgehead atoms. The molecule has 4 nitrogen and oxygen atoms in total. The van der Waals surface area contributed by atoms with Crippen molar-refractivity contribution >= 4 is 22.9 Å². The summed E-state index contributed by atoms with van der Waals surface area (Å²) >= 11 is 1.46. The van der Waals surface area contributed by atoms with Gasteiger partial charge in [0.25, 0.3) is 5.91 Å². The van der Waals surface area contributed by atoms with E-state index in [1.807, 2.05) is 5.38 Å². The predicted molar refractivity (Wildman–Crippen MR) is 69.2 cm³/mol. The van der Waals surface area contributed by atoms with Gasteiger partial charge in [-0.05, 0) is 12.1 Å². The van der Waals surface area contributed by atoms with Crippen molar-refractivity contribution < 1.29 is 9.18 Å². The third-order valence-electron chi connectivity index (χ3n) is 2.42. The summed E-state index contributed by atoms with van der Waals surface area (Å²) in [5.74, 6) is -0.773. The van der Waals surface area contributed by atoms with E-state index < -0.39 is 5.82 Å². The Labute approximate surface area is 108 Å². The van der Waals surface area contributed by atoms with Gasteiger partial charge in [0.2, 0.25) is 0 Å². The van der Waals surface area contributed by atoms with Crippen LogP contribution < -0.4 is 10.6 Å². The Morgan fingerprint density at radius 3 is 3.00 bits per heavy atom. The Hall–Kier alpha value is -1.95. The van der Waals surface area contributed by atoms with Crippen molar-refractivity contribution in [1.29, 1.82) is 0 Å². The van der Waals surface area contributed by atoms with Crippen molar-refractivity contribution in [2.75, 3.05) is 12.4 Å². The predicted octanol–water partition coefficient (Wildman–Crippen LogP) is 2.25. The molecule has 1 aromatic heterocycles. The van der Waals surface area contributed by atoms with Gasteiger partial charge in [-0.1, -0.05) is 6.07 Å². The van der Waals surface area contributed by atoms with E-state index in [-0.39, 0.29) is 17.2 Å². The first-order valence-corrected chi connectivity index (χ1v) is 6.28. The third kappa shape index (κ3) is 2.65. The van der Waals surface area contributed by atoms with Gasteiger partial charge in [0.05, 0.1) is 29.0 Å². The molecule has 18 heavy (non-hydrogen) atoms.